The van der Waals surface area contributed by atoms with Gasteiger partial charge >= 0.3 is 11.9 Å². The summed E-state index contributed by atoms with van der Waals surface area (Å²) in [6.07, 6.45) is 7.91. The van der Waals surface area contributed by atoms with Gasteiger partial charge in [0.15, 0.2) is 0 Å². The second-order valence-corrected chi connectivity index (χ2v) is 11.5. The van der Waals surface area contributed by atoms with Crippen molar-refractivity contribution in [2.45, 2.75) is 83.2 Å². The molecule has 9 nitrogen and oxygen atoms in total. The summed E-state index contributed by atoms with van der Waals surface area (Å²) in [6.45, 7) is 2.44. The monoisotopic (exact) mass is 592 g/mol. The van der Waals surface area contributed by atoms with Crippen LogP contribution in [0.25, 0.3) is 0 Å². The number of hydrogen-bond acceptors (Lipinski definition) is 7. The van der Waals surface area contributed by atoms with Crippen LogP contribution >= 0.6 is 0 Å². The minimum atomic E-state index is -0.250. The molecule has 2 aromatic carbocycles. The van der Waals surface area contributed by atoms with Crippen LogP contribution in [0, 0.1) is 11.8 Å². The topological polar surface area (TPSA) is 120 Å². The number of ether oxygens (including phenoxy) is 3. The number of esters is 2. The molecular formula is C34H44N2O7. The molecule has 2 amide bonds. The summed E-state index contributed by atoms with van der Waals surface area (Å²) in [7, 11) is 1.44. The Morgan fingerprint density at radius 3 is 2.14 bits per heavy atom. The molecule has 0 bridgehead atoms. The zero-order chi connectivity index (χ0) is 30.6. The van der Waals surface area contributed by atoms with Crippen LogP contribution in [0.4, 0.5) is 5.69 Å². The van der Waals surface area contributed by atoms with Crippen LogP contribution in [-0.4, -0.2) is 50.1 Å². The van der Waals surface area contributed by atoms with Gasteiger partial charge in [0.05, 0.1) is 25.7 Å². The molecule has 0 heterocycles. The van der Waals surface area contributed by atoms with Crippen molar-refractivity contribution in [1.82, 2.24) is 5.32 Å². The summed E-state index contributed by atoms with van der Waals surface area (Å²) >= 11 is 0. The highest BCUT2D eigenvalue weighted by Gasteiger charge is 2.28. The molecule has 4 rings (SSSR count). The van der Waals surface area contributed by atoms with E-state index in [0.717, 1.165) is 57.1 Å². The summed E-state index contributed by atoms with van der Waals surface area (Å²) in [6, 6.07) is 14.9. The summed E-state index contributed by atoms with van der Waals surface area (Å²) in [5.74, 6) is 0.837. The summed E-state index contributed by atoms with van der Waals surface area (Å²) in [5.41, 5.74) is 2.47. The number of benzene rings is 2. The van der Waals surface area contributed by atoms with E-state index < -0.39 is 0 Å². The Morgan fingerprint density at radius 1 is 0.837 bits per heavy atom. The molecule has 2 N–H and O–H groups in total. The van der Waals surface area contributed by atoms with Crippen molar-refractivity contribution in [3.63, 3.8) is 0 Å². The van der Waals surface area contributed by atoms with E-state index in [4.69, 9.17) is 14.2 Å². The van der Waals surface area contributed by atoms with Crippen LogP contribution in [-0.2, 0) is 23.9 Å². The average Bonchev–Trinajstić information content (AvgIpc) is 3.02. The number of hydrogen-bond donors (Lipinski definition) is 2. The predicted molar refractivity (Wildman–Crippen MR) is 163 cm³/mol. The lowest BCUT2D eigenvalue weighted by Gasteiger charge is -2.28. The van der Waals surface area contributed by atoms with Gasteiger partial charge in [-0.15, -0.1) is 0 Å². The molecule has 2 saturated carbocycles. The van der Waals surface area contributed by atoms with Gasteiger partial charge < -0.3 is 24.8 Å². The lowest BCUT2D eigenvalue weighted by atomic mass is 9.77. The number of amides is 2. The van der Waals surface area contributed by atoms with Crippen molar-refractivity contribution in [3.05, 3.63) is 59.7 Å². The maximum atomic E-state index is 12.6. The molecule has 0 aliphatic heterocycles. The van der Waals surface area contributed by atoms with Crippen molar-refractivity contribution >= 4 is 29.4 Å². The van der Waals surface area contributed by atoms with Gasteiger partial charge in [-0.3, -0.25) is 19.2 Å². The van der Waals surface area contributed by atoms with Gasteiger partial charge in [-0.05, 0) is 112 Å². The summed E-state index contributed by atoms with van der Waals surface area (Å²) in [5, 5.41) is 5.70. The molecule has 0 unspecified atom stereocenters. The second kappa shape index (κ2) is 16.1. The predicted octanol–water partition coefficient (Wildman–Crippen LogP) is 5.78. The molecule has 0 atom stereocenters. The van der Waals surface area contributed by atoms with Gasteiger partial charge in [0, 0.05) is 30.6 Å². The number of anilines is 1. The third-order valence-electron chi connectivity index (χ3n) is 8.55. The number of rotatable bonds is 12. The van der Waals surface area contributed by atoms with E-state index in [1.54, 1.807) is 24.3 Å². The minimum absolute atomic E-state index is 0.0411. The van der Waals surface area contributed by atoms with Crippen molar-refractivity contribution in [3.8, 4) is 5.75 Å². The van der Waals surface area contributed by atoms with Gasteiger partial charge in [0.1, 0.15) is 5.75 Å². The molecule has 2 aromatic rings. The first-order chi connectivity index (χ1) is 20.8. The number of methoxy groups -OCH3 is 1. The van der Waals surface area contributed by atoms with Crippen molar-refractivity contribution < 1.29 is 33.4 Å². The summed E-state index contributed by atoms with van der Waals surface area (Å²) in [4.78, 5) is 48.5. The van der Waals surface area contributed by atoms with E-state index >= 15 is 0 Å². The minimum Gasteiger partial charge on any atom is -0.490 e. The highest BCUT2D eigenvalue weighted by molar-refractivity contribution is 5.95. The highest BCUT2D eigenvalue weighted by atomic mass is 16.5. The van der Waals surface area contributed by atoms with E-state index in [1.165, 1.54) is 12.7 Å². The highest BCUT2D eigenvalue weighted by Crippen LogP contribution is 2.37. The van der Waals surface area contributed by atoms with Crippen LogP contribution in [0.15, 0.2) is 48.5 Å². The first-order valence-corrected chi connectivity index (χ1v) is 15.5. The first-order valence-electron chi connectivity index (χ1n) is 15.5. The largest absolute Gasteiger partial charge is 0.490 e. The Balaban J connectivity index is 1.13. The normalized spacial score (nSPS) is 21.7. The molecule has 9 heteroatoms. The molecule has 43 heavy (non-hydrogen) atoms. The smallest absolute Gasteiger partial charge is 0.308 e. The van der Waals surface area contributed by atoms with Crippen molar-refractivity contribution in [2.75, 3.05) is 25.6 Å². The van der Waals surface area contributed by atoms with E-state index in [0.29, 0.717) is 36.2 Å². The standard InChI is InChI=1S/C34H44N2O7/c1-3-42-34(40)27-12-18-30(19-13-27)43-29-16-10-26(11-17-29)33(39)35-21-20-31(37)36-28-14-8-25(9-15-28)24-6-4-23(5-7-24)22-32(38)41-2/h8-11,14-17,23-24,27,30H,3-7,12-13,18-22H2,1-2H3,(H,35,39)(H,36,37)/t23?,24?,27-,30+. The first kappa shape index (κ1) is 32.0. The van der Waals surface area contributed by atoms with Crippen LogP contribution in [0.5, 0.6) is 5.75 Å². The Kier molecular flexibility index (Phi) is 12.0. The Labute approximate surface area is 254 Å². The van der Waals surface area contributed by atoms with Gasteiger partial charge in [-0.2, -0.15) is 0 Å². The quantitative estimate of drug-likeness (QED) is 0.300. The van der Waals surface area contributed by atoms with E-state index in [1.807, 2.05) is 19.1 Å². The Bertz CT molecular complexity index is 1210. The Hall–Kier alpha value is -3.88. The number of nitrogens with one attached hydrogen (secondary N) is 2. The molecule has 0 spiro atoms. The average molecular weight is 593 g/mol. The van der Waals surface area contributed by atoms with E-state index in [-0.39, 0.29) is 48.7 Å². The van der Waals surface area contributed by atoms with Crippen LogP contribution in [0.2, 0.25) is 0 Å². The zero-order valence-electron chi connectivity index (χ0n) is 25.3. The number of carbonyl (C=O) groups excluding carboxylic acids is 4. The lowest BCUT2D eigenvalue weighted by Crippen LogP contribution is -2.29. The molecule has 2 aliphatic rings. The van der Waals surface area contributed by atoms with Gasteiger partial charge in [-0.25, -0.2) is 0 Å². The maximum Gasteiger partial charge on any atom is 0.308 e. The third kappa shape index (κ3) is 9.83. The zero-order valence-corrected chi connectivity index (χ0v) is 25.3. The van der Waals surface area contributed by atoms with Crippen LogP contribution in [0.1, 0.15) is 93.0 Å². The SMILES string of the molecule is CCOC(=O)[C@H]1CC[C@@H](Oc2ccc(C(=O)NCCC(=O)Nc3ccc(C4CCC(CC(=O)OC)CC4)cc3)cc2)CC1. The van der Waals surface area contributed by atoms with Gasteiger partial charge in [-0.1, -0.05) is 12.1 Å². The van der Waals surface area contributed by atoms with Crippen molar-refractivity contribution in [2.24, 2.45) is 11.8 Å². The van der Waals surface area contributed by atoms with Crippen molar-refractivity contribution in [1.29, 1.82) is 0 Å². The molecule has 0 saturated heterocycles. The van der Waals surface area contributed by atoms with E-state index in [2.05, 4.69) is 22.8 Å². The summed E-state index contributed by atoms with van der Waals surface area (Å²) < 4.78 is 16.0. The molecule has 232 valence electrons. The third-order valence-corrected chi connectivity index (χ3v) is 8.55. The van der Waals surface area contributed by atoms with Gasteiger partial charge in [0.25, 0.3) is 5.91 Å². The molecule has 0 aromatic heterocycles. The van der Waals surface area contributed by atoms with Crippen LogP contribution in [0.3, 0.4) is 0 Å². The fraction of sp³-hybridized carbons (Fsp3) is 0.529. The Morgan fingerprint density at radius 2 is 1.51 bits per heavy atom. The maximum absolute atomic E-state index is 12.6. The lowest BCUT2D eigenvalue weighted by molar-refractivity contribution is -0.149. The number of carbonyl (C=O) groups is 4. The molecule has 0 radical (unpaired) electrons. The van der Waals surface area contributed by atoms with Gasteiger partial charge in [0.2, 0.25) is 5.91 Å². The fourth-order valence-corrected chi connectivity index (χ4v) is 6.03. The molecule has 2 fully saturated rings. The fourth-order valence-electron chi connectivity index (χ4n) is 6.03. The molecule has 2 aliphatic carbocycles. The second-order valence-electron chi connectivity index (χ2n) is 11.5. The van der Waals surface area contributed by atoms with Crippen LogP contribution < -0.4 is 15.4 Å². The molecular weight excluding hydrogens is 548 g/mol. The van der Waals surface area contributed by atoms with E-state index in [9.17, 15) is 19.2 Å².